The number of amides is 6. The summed E-state index contributed by atoms with van der Waals surface area (Å²) in [7, 11) is -8.54. The first-order chi connectivity index (χ1) is 38.3. The van der Waals surface area contributed by atoms with Crippen LogP contribution in [0.5, 0.6) is 0 Å². The Kier molecular flexibility index (Phi) is 14.8. The van der Waals surface area contributed by atoms with Crippen molar-refractivity contribution >= 4 is 110 Å². The number of rotatable bonds is 12. The van der Waals surface area contributed by atoms with E-state index in [0.29, 0.717) is 34.1 Å². The van der Waals surface area contributed by atoms with Gasteiger partial charge in [0, 0.05) is 11.8 Å². The monoisotopic (exact) mass is 1160 g/mol. The number of H-pyrrole nitrogens is 2. The molecule has 4 aromatic carbocycles. The fraction of sp³-hybridized carbons (Fsp3) is 0.167. The molecule has 0 unspecified atom stereocenters. The van der Waals surface area contributed by atoms with Crippen LogP contribution in [-0.2, 0) is 52.3 Å². The maximum atomic E-state index is 13.2. The molecule has 80 heavy (non-hydrogen) atoms. The van der Waals surface area contributed by atoms with Crippen molar-refractivity contribution in [1.29, 1.82) is 0 Å². The molecule has 0 aliphatic carbocycles. The van der Waals surface area contributed by atoms with E-state index in [4.69, 9.17) is 9.57 Å². The van der Waals surface area contributed by atoms with E-state index in [1.807, 2.05) is 60.7 Å². The van der Waals surface area contributed by atoms with E-state index in [-0.39, 0.29) is 57.5 Å². The molecule has 0 radical (unpaired) electrons. The zero-order valence-electron chi connectivity index (χ0n) is 41.2. The fourth-order valence-electron chi connectivity index (χ4n) is 8.04. The van der Waals surface area contributed by atoms with Gasteiger partial charge in [-0.05, 0) is 42.3 Å². The van der Waals surface area contributed by atoms with E-state index < -0.39 is 86.1 Å². The van der Waals surface area contributed by atoms with Gasteiger partial charge in [-0.3, -0.25) is 39.0 Å². The predicted octanol–water partition coefficient (Wildman–Crippen LogP) is 3.26. The Balaban J connectivity index is 0.000000200. The highest BCUT2D eigenvalue weighted by Gasteiger charge is 2.40. The van der Waals surface area contributed by atoms with Crippen LogP contribution in [-0.4, -0.2) is 131 Å². The number of hydrazine groups is 1. The maximum Gasteiger partial charge on any atom is 0.448 e. The quantitative estimate of drug-likeness (QED) is 0.136. The molecule has 5 aromatic heterocycles. The van der Waals surface area contributed by atoms with Gasteiger partial charge in [-0.15, -0.1) is 22.7 Å². The van der Waals surface area contributed by atoms with E-state index in [0.717, 1.165) is 43.4 Å². The van der Waals surface area contributed by atoms with Crippen LogP contribution in [0.4, 0.5) is 20.3 Å². The van der Waals surface area contributed by atoms with Gasteiger partial charge in [-0.1, -0.05) is 84.9 Å². The number of thiazole rings is 2. The number of para-hydroxylation sites is 2. The number of benzene rings is 4. The first-order valence-electron chi connectivity index (χ1n) is 23.6. The Morgan fingerprint density at radius 2 is 1.24 bits per heavy atom. The molecular formula is C48H40N14O14S4. The summed E-state index contributed by atoms with van der Waals surface area (Å²) >= 11 is 1.85. The lowest BCUT2D eigenvalue weighted by molar-refractivity contribution is -0.174. The molecule has 0 atom stereocenters. The van der Waals surface area contributed by atoms with E-state index in [1.165, 1.54) is 24.0 Å². The number of fused-ring (bicyclic) bond motifs is 3. The highest BCUT2D eigenvalue weighted by molar-refractivity contribution is 7.92. The van der Waals surface area contributed by atoms with Gasteiger partial charge in [0.05, 0.1) is 52.9 Å². The zero-order chi connectivity index (χ0) is 56.5. The number of hydrogen-bond acceptors (Lipinski definition) is 20. The van der Waals surface area contributed by atoms with Crippen LogP contribution < -0.4 is 27.6 Å². The molecule has 6 amide bonds. The Hall–Kier alpha value is -9.66. The Morgan fingerprint density at radius 3 is 1.82 bits per heavy atom. The third-order valence-corrected chi connectivity index (χ3v) is 18.3. The number of aromatic nitrogens is 8. The molecule has 4 N–H and O–H groups in total. The van der Waals surface area contributed by atoms with Crippen LogP contribution in [0.25, 0.3) is 31.6 Å². The van der Waals surface area contributed by atoms with Crippen LogP contribution in [0.1, 0.15) is 22.8 Å². The summed E-state index contributed by atoms with van der Waals surface area (Å²) < 4.78 is 62.0. The highest BCUT2D eigenvalue weighted by atomic mass is 32.3. The molecule has 2 aliphatic heterocycles. The summed E-state index contributed by atoms with van der Waals surface area (Å²) in [5.41, 5.74) is 2.74. The van der Waals surface area contributed by atoms with Gasteiger partial charge in [0.1, 0.15) is 13.1 Å². The molecular weight excluding hydrogens is 1120 g/mol. The number of sulfonamides is 2. The number of carbonyl (C=O) groups is 5. The Labute approximate surface area is 457 Å². The summed E-state index contributed by atoms with van der Waals surface area (Å²) in [6, 6.07) is 30.9. The number of urea groups is 1. The second kappa shape index (κ2) is 22.0. The van der Waals surface area contributed by atoms with E-state index in [2.05, 4.69) is 40.6 Å². The molecule has 2 fully saturated rings. The average Bonchev–Trinajstić information content (AvgIpc) is 4.26. The van der Waals surface area contributed by atoms with Gasteiger partial charge in [-0.2, -0.15) is 31.2 Å². The smallest absolute Gasteiger partial charge is 0.436 e. The molecule has 0 saturated carbocycles. The Bertz CT molecular complexity index is 4230. The standard InChI is InChI=1S/C31H25N9O7S2.C17H15N5O7S2/c41-23(39-15-16-40(29(43)37-39)49(45,46)31-33-21-13-7-8-14-22(21)48-31)17-38-18-32-24-26(38)34-28(35-27(24)42)36-30(44)47-25(19-9-3-1-4-10-19)20-11-5-2-6-12-20;1-10-8-20(15(25)19-14(10)24)9-13(23)21-6-7-22(17(26)29-21)31(27,28)16-18-11-4-2-3-5-12(11)30-16/h1-14,18,25H,15-17H2,(H,37,43)(H2,34,35,36,42,44);2-5,8H,6-7,9H2,1H3,(H,19,24,25). The SMILES string of the molecule is Cc1cn(CC(=O)N2CCN(S(=O)(=O)c3nc4ccccc4s3)C(=O)O2)c(=O)[nH]c1=O.O=C(Nc1nc2c(ncn2CC(=O)N2CCN(S(=O)(=O)c3nc4ccccc4s3)C(=O)N2)c(=O)[nH]1)OC(c1ccccc1)c1ccccc1. The van der Waals surface area contributed by atoms with Crippen molar-refractivity contribution in [3.8, 4) is 0 Å². The number of hydroxylamine groups is 2. The number of nitrogens with one attached hydrogen (secondary N) is 4. The molecule has 32 heteroatoms. The second-order valence-electron chi connectivity index (χ2n) is 17.3. The molecule has 0 bridgehead atoms. The van der Waals surface area contributed by atoms with Crippen molar-refractivity contribution in [1.82, 2.24) is 63.1 Å². The number of ether oxygens (including phenoxy) is 1. The van der Waals surface area contributed by atoms with Gasteiger partial charge in [0.25, 0.3) is 43.0 Å². The second-order valence-corrected chi connectivity index (χ2v) is 23.4. The molecule has 2 saturated heterocycles. The molecule has 7 heterocycles. The van der Waals surface area contributed by atoms with Crippen LogP contribution in [0.2, 0.25) is 0 Å². The molecule has 0 spiro atoms. The number of imidazole rings is 1. The van der Waals surface area contributed by atoms with E-state index in [1.54, 1.807) is 48.5 Å². The van der Waals surface area contributed by atoms with Gasteiger partial charge < -0.3 is 14.1 Å². The minimum absolute atomic E-state index is 0.0292. The van der Waals surface area contributed by atoms with Crippen LogP contribution >= 0.6 is 22.7 Å². The molecule has 2 aliphatic rings. The lowest BCUT2D eigenvalue weighted by Crippen LogP contribution is -2.61. The summed E-state index contributed by atoms with van der Waals surface area (Å²) in [4.78, 5) is 126. The van der Waals surface area contributed by atoms with Gasteiger partial charge in [0.15, 0.2) is 17.3 Å². The summed E-state index contributed by atoms with van der Waals surface area (Å²) in [5.74, 6) is -1.66. The first kappa shape index (κ1) is 53.7. The van der Waals surface area contributed by atoms with E-state index in [9.17, 15) is 55.2 Å². The topological polar surface area (TPSA) is 353 Å². The van der Waals surface area contributed by atoms with Crippen molar-refractivity contribution in [3.63, 3.8) is 0 Å². The normalized spacial score (nSPS) is 14.0. The van der Waals surface area contributed by atoms with Crippen molar-refractivity contribution in [2.75, 3.05) is 31.5 Å². The third-order valence-electron chi connectivity index (χ3n) is 12.0. The number of nitrogens with zero attached hydrogens (tertiary/aromatic N) is 10. The number of aromatic amines is 2. The highest BCUT2D eigenvalue weighted by Crippen LogP contribution is 2.31. The largest absolute Gasteiger partial charge is 0.448 e. The van der Waals surface area contributed by atoms with Gasteiger partial charge in [0.2, 0.25) is 14.6 Å². The maximum absolute atomic E-state index is 13.2. The first-order valence-corrected chi connectivity index (χ1v) is 28.1. The van der Waals surface area contributed by atoms with Gasteiger partial charge in [-0.25, -0.2) is 48.9 Å². The fourth-order valence-corrected chi connectivity index (χ4v) is 13.3. The zero-order valence-corrected chi connectivity index (χ0v) is 44.5. The Morgan fingerprint density at radius 1 is 0.675 bits per heavy atom. The summed E-state index contributed by atoms with van der Waals surface area (Å²) in [5, 5.41) is 4.09. The van der Waals surface area contributed by atoms with Crippen LogP contribution in [0.15, 0.2) is 145 Å². The molecule has 11 rings (SSSR count). The minimum atomic E-state index is -4.28. The minimum Gasteiger partial charge on any atom is -0.436 e. The number of carbonyl (C=O) groups excluding carboxylic acids is 5. The predicted molar refractivity (Wildman–Crippen MR) is 285 cm³/mol. The van der Waals surface area contributed by atoms with Gasteiger partial charge >= 0.3 is 23.9 Å². The van der Waals surface area contributed by atoms with Crippen molar-refractivity contribution in [2.45, 2.75) is 34.8 Å². The lowest BCUT2D eigenvalue weighted by Gasteiger charge is -2.33. The van der Waals surface area contributed by atoms with E-state index >= 15 is 0 Å². The van der Waals surface area contributed by atoms with Crippen molar-refractivity contribution < 1.29 is 50.4 Å². The summed E-state index contributed by atoms with van der Waals surface area (Å²) in [6.45, 7) is -0.543. The van der Waals surface area contributed by atoms with Crippen LogP contribution in [0.3, 0.4) is 0 Å². The average molecular weight is 1170 g/mol. The number of aryl methyl sites for hydroxylation is 1. The third kappa shape index (κ3) is 11.1. The van der Waals surface area contributed by atoms with Crippen molar-refractivity contribution in [2.24, 2.45) is 0 Å². The molecule has 28 nitrogen and oxygen atoms in total. The number of hydrogen-bond donors (Lipinski definition) is 4. The molecule has 9 aromatic rings. The van der Waals surface area contributed by atoms with Crippen molar-refractivity contribution in [3.05, 3.63) is 170 Å². The number of anilines is 1. The lowest BCUT2D eigenvalue weighted by atomic mass is 10.0. The molecule has 410 valence electrons. The summed E-state index contributed by atoms with van der Waals surface area (Å²) in [6.07, 6.45) is -0.501. The van der Waals surface area contributed by atoms with Crippen LogP contribution in [0, 0.1) is 6.92 Å².